The first-order valence-electron chi connectivity index (χ1n) is 5.62. The van der Waals surface area contributed by atoms with Crippen molar-refractivity contribution in [3.8, 4) is 0 Å². The van der Waals surface area contributed by atoms with Crippen molar-refractivity contribution in [3.05, 3.63) is 29.8 Å². The molecule has 0 aliphatic carbocycles. The van der Waals surface area contributed by atoms with Gasteiger partial charge in [0.05, 0.1) is 25.5 Å². The van der Waals surface area contributed by atoms with Crippen LogP contribution < -0.4 is 0 Å². The van der Waals surface area contributed by atoms with Crippen molar-refractivity contribution in [1.82, 2.24) is 24.8 Å². The van der Waals surface area contributed by atoms with Crippen LogP contribution in [0.2, 0.25) is 0 Å². The number of carbonyl (C=O) groups is 1. The highest BCUT2D eigenvalue weighted by Gasteiger charge is 2.11. The number of esters is 1. The molecule has 0 fully saturated rings. The molecule has 2 rings (SSSR count). The zero-order valence-corrected chi connectivity index (χ0v) is 10.6. The van der Waals surface area contributed by atoms with Gasteiger partial charge in [-0.15, -0.1) is 5.10 Å². The SMILES string of the molecule is COC(=O)c1cn(Cc2ccn(C(C)C)n2)nn1. The number of methoxy groups -OCH3 is 1. The Morgan fingerprint density at radius 3 is 2.89 bits per heavy atom. The Balaban J connectivity index is 2.08. The summed E-state index contributed by atoms with van der Waals surface area (Å²) in [6, 6.07) is 2.24. The van der Waals surface area contributed by atoms with Gasteiger partial charge in [-0.05, 0) is 19.9 Å². The molecule has 2 aromatic rings. The van der Waals surface area contributed by atoms with Crippen molar-refractivity contribution in [2.24, 2.45) is 0 Å². The van der Waals surface area contributed by atoms with E-state index < -0.39 is 5.97 Å². The molecule has 7 heteroatoms. The molecule has 0 saturated heterocycles. The van der Waals surface area contributed by atoms with Gasteiger partial charge in [-0.2, -0.15) is 5.10 Å². The van der Waals surface area contributed by atoms with E-state index >= 15 is 0 Å². The molecule has 2 heterocycles. The third-order valence-corrected chi connectivity index (χ3v) is 2.45. The van der Waals surface area contributed by atoms with Gasteiger partial charge in [0.25, 0.3) is 0 Å². The molecule has 0 atom stereocenters. The Labute approximate surface area is 104 Å². The van der Waals surface area contributed by atoms with Crippen LogP contribution in [0.1, 0.15) is 36.1 Å². The van der Waals surface area contributed by atoms with E-state index in [9.17, 15) is 4.79 Å². The summed E-state index contributed by atoms with van der Waals surface area (Å²) in [5.41, 5.74) is 1.06. The van der Waals surface area contributed by atoms with Crippen molar-refractivity contribution in [1.29, 1.82) is 0 Å². The van der Waals surface area contributed by atoms with Gasteiger partial charge in [0, 0.05) is 12.2 Å². The Morgan fingerprint density at radius 1 is 1.50 bits per heavy atom. The number of rotatable bonds is 4. The highest BCUT2D eigenvalue weighted by Crippen LogP contribution is 2.05. The summed E-state index contributed by atoms with van der Waals surface area (Å²) >= 11 is 0. The van der Waals surface area contributed by atoms with Crippen LogP contribution in [-0.2, 0) is 11.3 Å². The number of aromatic nitrogens is 5. The van der Waals surface area contributed by atoms with Crippen molar-refractivity contribution in [2.75, 3.05) is 7.11 Å². The molecule has 0 amide bonds. The second kappa shape index (κ2) is 4.99. The topological polar surface area (TPSA) is 74.8 Å². The molecular formula is C11H15N5O2. The van der Waals surface area contributed by atoms with Crippen molar-refractivity contribution >= 4 is 5.97 Å². The Hall–Kier alpha value is -2.18. The van der Waals surface area contributed by atoms with Gasteiger partial charge in [-0.3, -0.25) is 4.68 Å². The van der Waals surface area contributed by atoms with Crippen LogP contribution in [0.15, 0.2) is 18.5 Å². The maximum Gasteiger partial charge on any atom is 0.360 e. The van der Waals surface area contributed by atoms with E-state index in [1.165, 1.54) is 7.11 Å². The van der Waals surface area contributed by atoms with Crippen LogP contribution in [0.5, 0.6) is 0 Å². The smallest absolute Gasteiger partial charge is 0.360 e. The van der Waals surface area contributed by atoms with Crippen molar-refractivity contribution in [3.63, 3.8) is 0 Å². The number of hydrogen-bond acceptors (Lipinski definition) is 5. The lowest BCUT2D eigenvalue weighted by Crippen LogP contribution is -2.05. The molecule has 7 nitrogen and oxygen atoms in total. The third kappa shape index (κ3) is 2.55. The summed E-state index contributed by atoms with van der Waals surface area (Å²) < 4.78 is 7.98. The van der Waals surface area contributed by atoms with Gasteiger partial charge in [-0.25, -0.2) is 9.48 Å². The highest BCUT2D eigenvalue weighted by atomic mass is 16.5. The minimum absolute atomic E-state index is 0.195. The molecular weight excluding hydrogens is 234 g/mol. The van der Waals surface area contributed by atoms with Gasteiger partial charge in [0.15, 0.2) is 5.69 Å². The van der Waals surface area contributed by atoms with E-state index in [0.29, 0.717) is 12.6 Å². The molecule has 18 heavy (non-hydrogen) atoms. The molecule has 2 aromatic heterocycles. The van der Waals surface area contributed by atoms with E-state index in [0.717, 1.165) is 5.69 Å². The van der Waals surface area contributed by atoms with Gasteiger partial charge in [0.2, 0.25) is 0 Å². The third-order valence-electron chi connectivity index (χ3n) is 2.45. The minimum Gasteiger partial charge on any atom is -0.464 e. The number of nitrogens with zero attached hydrogens (tertiary/aromatic N) is 5. The summed E-state index contributed by atoms with van der Waals surface area (Å²) in [5, 5.41) is 12.0. The van der Waals surface area contributed by atoms with E-state index in [4.69, 9.17) is 0 Å². The fourth-order valence-corrected chi connectivity index (χ4v) is 1.49. The molecule has 0 N–H and O–H groups in total. The van der Waals surface area contributed by atoms with Gasteiger partial charge in [-0.1, -0.05) is 5.21 Å². The van der Waals surface area contributed by atoms with Gasteiger partial charge < -0.3 is 4.74 Å². The van der Waals surface area contributed by atoms with Crippen LogP contribution >= 0.6 is 0 Å². The summed E-state index contributed by atoms with van der Waals surface area (Å²) in [4.78, 5) is 11.2. The van der Waals surface area contributed by atoms with Gasteiger partial charge in [0.1, 0.15) is 0 Å². The maximum atomic E-state index is 11.2. The fourth-order valence-electron chi connectivity index (χ4n) is 1.49. The fraction of sp³-hybridized carbons (Fsp3) is 0.455. The normalized spacial score (nSPS) is 10.9. The number of carbonyl (C=O) groups excluding carboxylic acids is 1. The second-order valence-corrected chi connectivity index (χ2v) is 4.17. The van der Waals surface area contributed by atoms with Crippen molar-refractivity contribution < 1.29 is 9.53 Å². The predicted octanol–water partition coefficient (Wildman–Crippen LogP) is 0.890. The average molecular weight is 249 g/mol. The summed E-state index contributed by atoms with van der Waals surface area (Å²) in [5.74, 6) is -0.492. The first-order valence-corrected chi connectivity index (χ1v) is 5.62. The van der Waals surface area contributed by atoms with E-state index in [-0.39, 0.29) is 5.69 Å². The van der Waals surface area contributed by atoms with Crippen LogP contribution in [-0.4, -0.2) is 37.9 Å². The molecule has 0 bridgehead atoms. The zero-order chi connectivity index (χ0) is 13.1. The first kappa shape index (κ1) is 12.3. The molecule has 0 radical (unpaired) electrons. The number of ether oxygens (including phenoxy) is 1. The summed E-state index contributed by atoms with van der Waals surface area (Å²) in [6.07, 6.45) is 3.46. The van der Waals surface area contributed by atoms with E-state index in [1.807, 2.05) is 16.9 Å². The molecule has 96 valence electrons. The molecule has 0 spiro atoms. The Bertz CT molecular complexity index is 543. The standard InChI is InChI=1S/C11H15N5O2/c1-8(2)16-5-4-9(13-16)6-15-7-10(12-14-15)11(17)18-3/h4-5,7-8H,6H2,1-3H3. The van der Waals surface area contributed by atoms with Crippen molar-refractivity contribution in [2.45, 2.75) is 26.4 Å². The quantitative estimate of drug-likeness (QED) is 0.752. The second-order valence-electron chi connectivity index (χ2n) is 4.17. The first-order chi connectivity index (χ1) is 8.60. The van der Waals surface area contributed by atoms with Crippen LogP contribution in [0.25, 0.3) is 0 Å². The highest BCUT2D eigenvalue weighted by molar-refractivity contribution is 5.86. The lowest BCUT2D eigenvalue weighted by molar-refractivity contribution is 0.0594. The van der Waals surface area contributed by atoms with Crippen LogP contribution in [0.3, 0.4) is 0 Å². The maximum absolute atomic E-state index is 11.2. The molecule has 0 aliphatic heterocycles. The summed E-state index contributed by atoms with van der Waals surface area (Å²) in [6.45, 7) is 4.59. The molecule has 0 unspecified atom stereocenters. The lowest BCUT2D eigenvalue weighted by Gasteiger charge is -2.03. The van der Waals surface area contributed by atoms with Gasteiger partial charge >= 0.3 is 5.97 Å². The van der Waals surface area contributed by atoms with E-state index in [2.05, 4.69) is 34.0 Å². The number of hydrogen-bond donors (Lipinski definition) is 0. The monoisotopic (exact) mass is 249 g/mol. The minimum atomic E-state index is -0.492. The largest absolute Gasteiger partial charge is 0.464 e. The Kier molecular flexibility index (Phi) is 3.40. The van der Waals surface area contributed by atoms with E-state index in [1.54, 1.807) is 10.9 Å². The molecule has 0 aromatic carbocycles. The van der Waals surface area contributed by atoms with Crippen LogP contribution in [0.4, 0.5) is 0 Å². The lowest BCUT2D eigenvalue weighted by atomic mass is 10.4. The Morgan fingerprint density at radius 2 is 2.28 bits per heavy atom. The molecule has 0 saturated carbocycles. The molecule has 0 aliphatic rings. The summed E-state index contributed by atoms with van der Waals surface area (Å²) in [7, 11) is 1.31. The van der Waals surface area contributed by atoms with Crippen LogP contribution in [0, 0.1) is 0 Å². The predicted molar refractivity (Wildman–Crippen MR) is 63.1 cm³/mol. The average Bonchev–Trinajstić information content (AvgIpc) is 2.98. The zero-order valence-electron chi connectivity index (χ0n) is 10.6.